The van der Waals surface area contributed by atoms with Crippen molar-refractivity contribution in [3.63, 3.8) is 0 Å². The molecule has 1 heterocycles. The third-order valence-electron chi connectivity index (χ3n) is 4.67. The molecule has 0 aromatic heterocycles. The Hall–Kier alpha value is -1.35. The van der Waals surface area contributed by atoms with Crippen molar-refractivity contribution < 1.29 is 4.79 Å². The zero-order chi connectivity index (χ0) is 15.2. The normalized spacial score (nSPS) is 17.3. The molecule has 0 saturated carbocycles. The molecule has 0 N–H and O–H groups in total. The number of rotatable bonds is 6. The van der Waals surface area contributed by atoms with E-state index in [1.54, 1.807) is 0 Å². The number of hydrogen-bond donors (Lipinski definition) is 0. The van der Waals surface area contributed by atoms with Crippen LogP contribution in [0.2, 0.25) is 0 Å². The van der Waals surface area contributed by atoms with Gasteiger partial charge in [-0.3, -0.25) is 4.79 Å². The second kappa shape index (κ2) is 7.60. The minimum atomic E-state index is 0.334. The molecule has 1 fully saturated rings. The van der Waals surface area contributed by atoms with E-state index in [0.717, 1.165) is 45.3 Å². The maximum absolute atomic E-state index is 11.8. The summed E-state index contributed by atoms with van der Waals surface area (Å²) >= 11 is 0. The van der Waals surface area contributed by atoms with Crippen LogP contribution < -0.4 is 0 Å². The monoisotopic (exact) mass is 288 g/mol. The van der Waals surface area contributed by atoms with Crippen LogP contribution in [0.5, 0.6) is 0 Å². The Morgan fingerprint density at radius 1 is 1.29 bits per heavy atom. The smallest absolute Gasteiger partial charge is 0.222 e. The third kappa shape index (κ3) is 4.57. The van der Waals surface area contributed by atoms with Crippen LogP contribution in [-0.2, 0) is 11.2 Å². The van der Waals surface area contributed by atoms with Crippen molar-refractivity contribution in [2.75, 3.05) is 26.7 Å². The molecule has 1 atom stereocenters. The van der Waals surface area contributed by atoms with Gasteiger partial charge in [-0.15, -0.1) is 0 Å². The number of benzene rings is 1. The fourth-order valence-electron chi connectivity index (χ4n) is 2.91. The fourth-order valence-corrected chi connectivity index (χ4v) is 2.91. The highest BCUT2D eigenvalue weighted by Gasteiger charge is 2.19. The number of piperidine rings is 1. The van der Waals surface area contributed by atoms with E-state index in [2.05, 4.69) is 50.1 Å². The van der Waals surface area contributed by atoms with Crippen molar-refractivity contribution in [2.24, 2.45) is 0 Å². The molecule has 2 rings (SSSR count). The van der Waals surface area contributed by atoms with E-state index >= 15 is 0 Å². The molecule has 0 aliphatic carbocycles. The number of nitrogens with zero attached hydrogens (tertiary/aromatic N) is 2. The molecule has 116 valence electrons. The van der Waals surface area contributed by atoms with Crippen molar-refractivity contribution in [3.8, 4) is 0 Å². The lowest BCUT2D eigenvalue weighted by atomic mass is 10.0. The van der Waals surface area contributed by atoms with E-state index in [0.29, 0.717) is 11.9 Å². The first-order chi connectivity index (χ1) is 10.1. The summed E-state index contributed by atoms with van der Waals surface area (Å²) in [5, 5.41) is 0. The molecule has 0 radical (unpaired) electrons. The molecule has 0 bridgehead atoms. The summed E-state index contributed by atoms with van der Waals surface area (Å²) in [4.78, 5) is 16.2. The highest BCUT2D eigenvalue weighted by atomic mass is 16.2. The van der Waals surface area contributed by atoms with Crippen LogP contribution in [-0.4, -0.2) is 48.4 Å². The van der Waals surface area contributed by atoms with Gasteiger partial charge in [0.05, 0.1) is 0 Å². The number of aryl methyl sites for hydroxylation is 1. The molecule has 1 aliphatic heterocycles. The van der Waals surface area contributed by atoms with Gasteiger partial charge in [-0.2, -0.15) is 0 Å². The average molecular weight is 288 g/mol. The number of amides is 1. The Labute approximate surface area is 128 Å². The first-order valence-corrected chi connectivity index (χ1v) is 8.10. The molecule has 1 aromatic carbocycles. The first kappa shape index (κ1) is 16.0. The zero-order valence-electron chi connectivity index (χ0n) is 13.6. The van der Waals surface area contributed by atoms with Gasteiger partial charge in [0.25, 0.3) is 0 Å². The number of likely N-dealkylation sites (N-methyl/N-ethyl adjacent to an activating group) is 1. The Kier molecular flexibility index (Phi) is 5.80. The number of likely N-dealkylation sites (tertiary alicyclic amines) is 1. The summed E-state index contributed by atoms with van der Waals surface area (Å²) in [6, 6.07) is 9.09. The van der Waals surface area contributed by atoms with Crippen LogP contribution in [0.1, 0.15) is 37.3 Å². The van der Waals surface area contributed by atoms with Crippen molar-refractivity contribution in [1.29, 1.82) is 0 Å². The second-order valence-corrected chi connectivity index (χ2v) is 6.30. The van der Waals surface area contributed by atoms with Crippen LogP contribution in [0.15, 0.2) is 24.3 Å². The largest absolute Gasteiger partial charge is 0.341 e. The first-order valence-electron chi connectivity index (χ1n) is 8.10. The van der Waals surface area contributed by atoms with Gasteiger partial charge in [-0.1, -0.05) is 24.3 Å². The predicted molar refractivity (Wildman–Crippen MR) is 87.4 cm³/mol. The van der Waals surface area contributed by atoms with E-state index < -0.39 is 0 Å². The Morgan fingerprint density at radius 3 is 2.76 bits per heavy atom. The summed E-state index contributed by atoms with van der Waals surface area (Å²) in [6.07, 6.45) is 4.03. The lowest BCUT2D eigenvalue weighted by Gasteiger charge is -2.31. The maximum atomic E-state index is 11.8. The van der Waals surface area contributed by atoms with Crippen molar-refractivity contribution in [2.45, 2.75) is 45.6 Å². The van der Waals surface area contributed by atoms with Gasteiger partial charge in [-0.25, -0.2) is 0 Å². The van der Waals surface area contributed by atoms with Gasteiger partial charge in [0.15, 0.2) is 0 Å². The van der Waals surface area contributed by atoms with Crippen LogP contribution in [0, 0.1) is 6.92 Å². The zero-order valence-corrected chi connectivity index (χ0v) is 13.6. The Bertz CT molecular complexity index is 472. The van der Waals surface area contributed by atoms with Crippen LogP contribution in [0.4, 0.5) is 0 Å². The van der Waals surface area contributed by atoms with Crippen molar-refractivity contribution >= 4 is 5.91 Å². The Morgan fingerprint density at radius 2 is 2.05 bits per heavy atom. The second-order valence-electron chi connectivity index (χ2n) is 6.30. The van der Waals surface area contributed by atoms with Gasteiger partial charge < -0.3 is 9.80 Å². The molecule has 3 nitrogen and oxygen atoms in total. The summed E-state index contributed by atoms with van der Waals surface area (Å²) in [5.74, 6) is 0.334. The molecule has 0 spiro atoms. The molecule has 1 saturated heterocycles. The van der Waals surface area contributed by atoms with Crippen LogP contribution in [0.25, 0.3) is 0 Å². The van der Waals surface area contributed by atoms with Gasteiger partial charge in [0.2, 0.25) is 5.91 Å². The molecule has 21 heavy (non-hydrogen) atoms. The van der Waals surface area contributed by atoms with E-state index in [-0.39, 0.29) is 0 Å². The fraction of sp³-hybridized carbons (Fsp3) is 0.611. The minimum absolute atomic E-state index is 0.334. The lowest BCUT2D eigenvalue weighted by Crippen LogP contribution is -2.42. The standard InChI is InChI=1S/C18H28N2O/c1-15-8-4-5-9-17(15)14-16(2)19(3)12-13-20-11-7-6-10-18(20)21/h4-5,8-9,16H,6-7,10-14H2,1-3H3. The van der Waals surface area contributed by atoms with Crippen LogP contribution >= 0.6 is 0 Å². The van der Waals surface area contributed by atoms with E-state index in [9.17, 15) is 4.79 Å². The van der Waals surface area contributed by atoms with E-state index in [4.69, 9.17) is 0 Å². The van der Waals surface area contributed by atoms with Gasteiger partial charge >= 0.3 is 0 Å². The number of hydrogen-bond acceptors (Lipinski definition) is 2. The molecule has 1 amide bonds. The van der Waals surface area contributed by atoms with E-state index in [1.165, 1.54) is 11.1 Å². The topological polar surface area (TPSA) is 23.6 Å². The predicted octanol–water partition coefficient (Wildman–Crippen LogP) is 2.87. The SMILES string of the molecule is Cc1ccccc1CC(C)N(C)CCN1CCCCC1=O. The molecule has 1 unspecified atom stereocenters. The Balaban J connectivity index is 1.81. The lowest BCUT2D eigenvalue weighted by molar-refractivity contribution is -0.133. The molecular formula is C18H28N2O. The summed E-state index contributed by atoms with van der Waals surface area (Å²) in [5.41, 5.74) is 2.79. The summed E-state index contributed by atoms with van der Waals surface area (Å²) in [6.45, 7) is 7.21. The van der Waals surface area contributed by atoms with Gasteiger partial charge in [0, 0.05) is 32.1 Å². The molecule has 3 heteroatoms. The molecule has 1 aromatic rings. The highest BCUT2D eigenvalue weighted by molar-refractivity contribution is 5.76. The van der Waals surface area contributed by atoms with Crippen molar-refractivity contribution in [1.82, 2.24) is 9.80 Å². The minimum Gasteiger partial charge on any atom is -0.341 e. The third-order valence-corrected chi connectivity index (χ3v) is 4.67. The summed E-state index contributed by atoms with van der Waals surface area (Å²) < 4.78 is 0. The van der Waals surface area contributed by atoms with Crippen LogP contribution in [0.3, 0.4) is 0 Å². The average Bonchev–Trinajstić information content (AvgIpc) is 2.48. The van der Waals surface area contributed by atoms with Crippen molar-refractivity contribution in [3.05, 3.63) is 35.4 Å². The molecular weight excluding hydrogens is 260 g/mol. The summed E-state index contributed by atoms with van der Waals surface area (Å²) in [7, 11) is 2.16. The highest BCUT2D eigenvalue weighted by Crippen LogP contribution is 2.13. The van der Waals surface area contributed by atoms with Gasteiger partial charge in [0.1, 0.15) is 0 Å². The number of carbonyl (C=O) groups is 1. The maximum Gasteiger partial charge on any atom is 0.222 e. The van der Waals surface area contributed by atoms with E-state index in [1.807, 2.05) is 4.90 Å². The molecule has 1 aliphatic rings. The quantitative estimate of drug-likeness (QED) is 0.803. The number of carbonyl (C=O) groups excluding carboxylic acids is 1. The van der Waals surface area contributed by atoms with Gasteiger partial charge in [-0.05, 0) is 51.3 Å².